The zero-order valence-corrected chi connectivity index (χ0v) is 7.34. The molecule has 0 spiro atoms. The molecule has 0 amide bonds. The number of halogens is 2. The first-order valence-corrected chi connectivity index (χ1v) is 4.47. The van der Waals surface area contributed by atoms with Crippen LogP contribution in [0.25, 0.3) is 0 Å². The summed E-state index contributed by atoms with van der Waals surface area (Å²) in [5.41, 5.74) is 0. The van der Waals surface area contributed by atoms with E-state index in [0.717, 1.165) is 6.07 Å². The lowest BCUT2D eigenvalue weighted by Gasteiger charge is -2.02. The van der Waals surface area contributed by atoms with Crippen molar-refractivity contribution < 1.29 is 9.50 Å². The Balaban J connectivity index is 3.24. The Morgan fingerprint density at radius 3 is 2.73 bits per heavy atom. The average Bonchev–Trinajstić information content (AvgIpc) is 1.96. The highest BCUT2D eigenvalue weighted by molar-refractivity contribution is 7.98. The number of hydrogen-bond acceptors (Lipinski definition) is 2. The first-order valence-electron chi connectivity index (χ1n) is 2.87. The van der Waals surface area contributed by atoms with E-state index in [1.54, 1.807) is 6.26 Å². The number of phenolic OH excluding ortho intramolecular Hbond substituents is 1. The van der Waals surface area contributed by atoms with Gasteiger partial charge in [-0.2, -0.15) is 0 Å². The number of rotatable bonds is 1. The van der Waals surface area contributed by atoms with E-state index in [-0.39, 0.29) is 10.8 Å². The zero-order chi connectivity index (χ0) is 8.43. The number of aromatic hydroxyl groups is 1. The van der Waals surface area contributed by atoms with Gasteiger partial charge in [-0.15, -0.1) is 11.8 Å². The SMILES string of the molecule is CSc1cc(F)cc(Cl)c1O. The molecule has 0 aliphatic heterocycles. The minimum absolute atomic E-state index is 0.0503. The van der Waals surface area contributed by atoms with Crippen LogP contribution in [0.15, 0.2) is 17.0 Å². The maximum Gasteiger partial charge on any atom is 0.147 e. The summed E-state index contributed by atoms with van der Waals surface area (Å²) >= 11 is 6.74. The fourth-order valence-electron chi connectivity index (χ4n) is 0.698. The zero-order valence-electron chi connectivity index (χ0n) is 5.77. The quantitative estimate of drug-likeness (QED) is 0.691. The summed E-state index contributed by atoms with van der Waals surface area (Å²) in [4.78, 5) is 0.454. The molecule has 0 radical (unpaired) electrons. The highest BCUT2D eigenvalue weighted by Crippen LogP contribution is 2.34. The Bertz CT molecular complexity index is 277. The molecule has 1 aromatic rings. The van der Waals surface area contributed by atoms with Gasteiger partial charge < -0.3 is 5.11 Å². The molecule has 0 saturated heterocycles. The Kier molecular flexibility index (Phi) is 2.62. The maximum absolute atomic E-state index is 12.6. The van der Waals surface area contributed by atoms with Gasteiger partial charge in [0.15, 0.2) is 0 Å². The minimum atomic E-state index is -0.433. The second kappa shape index (κ2) is 3.32. The van der Waals surface area contributed by atoms with Crippen LogP contribution in [0.3, 0.4) is 0 Å². The fraction of sp³-hybridized carbons (Fsp3) is 0.143. The molecule has 0 atom stereocenters. The first kappa shape index (κ1) is 8.68. The molecule has 4 heteroatoms. The summed E-state index contributed by atoms with van der Waals surface area (Å²) in [6, 6.07) is 2.32. The molecule has 0 aliphatic rings. The number of thioether (sulfide) groups is 1. The standard InChI is InChI=1S/C7H6ClFOS/c1-11-6-3-4(9)2-5(8)7(6)10/h2-3,10H,1H3. The van der Waals surface area contributed by atoms with E-state index >= 15 is 0 Å². The highest BCUT2D eigenvalue weighted by atomic mass is 35.5. The van der Waals surface area contributed by atoms with Crippen LogP contribution >= 0.6 is 23.4 Å². The lowest BCUT2D eigenvalue weighted by molar-refractivity contribution is 0.459. The third-order valence-electron chi connectivity index (χ3n) is 1.21. The summed E-state index contributed by atoms with van der Waals surface area (Å²) < 4.78 is 12.6. The summed E-state index contributed by atoms with van der Waals surface area (Å²) in [5.74, 6) is -0.488. The third-order valence-corrected chi connectivity index (χ3v) is 2.25. The molecule has 0 bridgehead atoms. The molecule has 1 nitrogen and oxygen atoms in total. The van der Waals surface area contributed by atoms with E-state index in [1.807, 2.05) is 0 Å². The van der Waals surface area contributed by atoms with Crippen molar-refractivity contribution in [3.63, 3.8) is 0 Å². The minimum Gasteiger partial charge on any atom is -0.505 e. The van der Waals surface area contributed by atoms with Gasteiger partial charge in [0.1, 0.15) is 11.6 Å². The first-order chi connectivity index (χ1) is 5.15. The Hall–Kier alpha value is -0.410. The molecule has 11 heavy (non-hydrogen) atoms. The molecule has 0 unspecified atom stereocenters. The molecule has 0 aliphatic carbocycles. The van der Waals surface area contributed by atoms with Gasteiger partial charge in [0.05, 0.1) is 9.92 Å². The topological polar surface area (TPSA) is 20.2 Å². The van der Waals surface area contributed by atoms with E-state index < -0.39 is 5.82 Å². The summed E-state index contributed by atoms with van der Waals surface area (Å²) in [6.07, 6.45) is 1.74. The van der Waals surface area contributed by atoms with Crippen molar-refractivity contribution in [3.05, 3.63) is 23.0 Å². The van der Waals surface area contributed by atoms with Crippen LogP contribution in [-0.4, -0.2) is 11.4 Å². The lowest BCUT2D eigenvalue weighted by Crippen LogP contribution is -1.78. The van der Waals surface area contributed by atoms with Crippen LogP contribution in [-0.2, 0) is 0 Å². The summed E-state index contributed by atoms with van der Waals surface area (Å²) in [6.45, 7) is 0. The van der Waals surface area contributed by atoms with E-state index in [4.69, 9.17) is 11.6 Å². The predicted octanol–water partition coefficient (Wildman–Crippen LogP) is 2.91. The Labute approximate surface area is 73.2 Å². The summed E-state index contributed by atoms with van der Waals surface area (Å²) in [5, 5.41) is 9.25. The van der Waals surface area contributed by atoms with Crippen LogP contribution in [0.5, 0.6) is 5.75 Å². The molecule has 1 rings (SSSR count). The number of benzene rings is 1. The maximum atomic E-state index is 12.6. The molecule has 0 heterocycles. The van der Waals surface area contributed by atoms with Gasteiger partial charge in [0.2, 0.25) is 0 Å². The number of phenols is 1. The normalized spacial score (nSPS) is 10.1. The van der Waals surface area contributed by atoms with Gasteiger partial charge in [0, 0.05) is 0 Å². The fourth-order valence-corrected chi connectivity index (χ4v) is 1.49. The molecular weight excluding hydrogens is 187 g/mol. The largest absolute Gasteiger partial charge is 0.505 e. The molecule has 0 aromatic heterocycles. The van der Waals surface area contributed by atoms with Crippen LogP contribution in [0.1, 0.15) is 0 Å². The van der Waals surface area contributed by atoms with Crippen molar-refractivity contribution in [1.82, 2.24) is 0 Å². The monoisotopic (exact) mass is 192 g/mol. The highest BCUT2D eigenvalue weighted by Gasteiger charge is 2.06. The Morgan fingerprint density at radius 2 is 2.18 bits per heavy atom. The third kappa shape index (κ3) is 1.79. The predicted molar refractivity (Wildman–Crippen MR) is 44.9 cm³/mol. The van der Waals surface area contributed by atoms with E-state index in [0.29, 0.717) is 4.90 Å². The van der Waals surface area contributed by atoms with Crippen LogP contribution in [0, 0.1) is 5.82 Å². The van der Waals surface area contributed by atoms with E-state index in [1.165, 1.54) is 17.8 Å². The van der Waals surface area contributed by atoms with E-state index in [9.17, 15) is 9.50 Å². The van der Waals surface area contributed by atoms with Gasteiger partial charge >= 0.3 is 0 Å². The van der Waals surface area contributed by atoms with Crippen LogP contribution < -0.4 is 0 Å². The molecule has 1 N–H and O–H groups in total. The van der Waals surface area contributed by atoms with Gasteiger partial charge in [0.25, 0.3) is 0 Å². The molecule has 0 fully saturated rings. The molecular formula is C7H6ClFOS. The van der Waals surface area contributed by atoms with Crippen LogP contribution in [0.2, 0.25) is 5.02 Å². The molecule has 60 valence electrons. The molecule has 0 saturated carbocycles. The van der Waals surface area contributed by atoms with Gasteiger partial charge in [-0.1, -0.05) is 11.6 Å². The van der Waals surface area contributed by atoms with Gasteiger partial charge in [-0.3, -0.25) is 0 Å². The number of hydrogen-bond donors (Lipinski definition) is 1. The van der Waals surface area contributed by atoms with E-state index in [2.05, 4.69) is 0 Å². The Morgan fingerprint density at radius 1 is 1.55 bits per heavy atom. The second-order valence-electron chi connectivity index (χ2n) is 1.94. The smallest absolute Gasteiger partial charge is 0.147 e. The van der Waals surface area contributed by atoms with Crippen molar-refractivity contribution in [3.8, 4) is 5.75 Å². The van der Waals surface area contributed by atoms with Crippen molar-refractivity contribution in [1.29, 1.82) is 0 Å². The van der Waals surface area contributed by atoms with Crippen molar-refractivity contribution in [2.75, 3.05) is 6.26 Å². The van der Waals surface area contributed by atoms with Gasteiger partial charge in [-0.25, -0.2) is 4.39 Å². The van der Waals surface area contributed by atoms with Gasteiger partial charge in [-0.05, 0) is 18.4 Å². The van der Waals surface area contributed by atoms with Crippen LogP contribution in [0.4, 0.5) is 4.39 Å². The van der Waals surface area contributed by atoms with Crippen molar-refractivity contribution in [2.45, 2.75) is 4.90 Å². The van der Waals surface area contributed by atoms with Crippen molar-refractivity contribution in [2.24, 2.45) is 0 Å². The van der Waals surface area contributed by atoms with Crippen molar-refractivity contribution >= 4 is 23.4 Å². The summed E-state index contributed by atoms with van der Waals surface area (Å²) in [7, 11) is 0. The average molecular weight is 193 g/mol. The second-order valence-corrected chi connectivity index (χ2v) is 3.19. The lowest BCUT2D eigenvalue weighted by atomic mass is 10.3. The molecule has 1 aromatic carbocycles.